The summed E-state index contributed by atoms with van der Waals surface area (Å²) in [6, 6.07) is 8.21. The molecule has 2 aromatic rings. The van der Waals surface area contributed by atoms with E-state index in [0.29, 0.717) is 10.1 Å². The highest BCUT2D eigenvalue weighted by Gasteiger charge is 2.49. The van der Waals surface area contributed by atoms with Crippen molar-refractivity contribution >= 4 is 5.82 Å². The molecule has 1 N–H and O–H groups in total. The molecule has 0 amide bonds. The number of hydrogen-bond donors (Lipinski definition) is 1. The van der Waals surface area contributed by atoms with E-state index < -0.39 is 35.3 Å². The molecule has 0 fully saturated rings. The Kier molecular flexibility index (Phi) is 3.75. The van der Waals surface area contributed by atoms with E-state index in [0.717, 1.165) is 11.6 Å². The van der Waals surface area contributed by atoms with Crippen molar-refractivity contribution in [3.05, 3.63) is 62.3 Å². The van der Waals surface area contributed by atoms with Crippen molar-refractivity contribution in [2.24, 2.45) is 14.1 Å². The number of nitrogens with zero attached hydrogens (tertiary/aromatic N) is 2. The van der Waals surface area contributed by atoms with Crippen LogP contribution in [0.2, 0.25) is 0 Å². The summed E-state index contributed by atoms with van der Waals surface area (Å²) < 4.78 is 47.1. The Morgan fingerprint density at radius 1 is 1.08 bits per heavy atom. The molecule has 1 aromatic carbocycles. The van der Waals surface area contributed by atoms with Crippen LogP contribution in [0.5, 0.6) is 0 Å². The van der Waals surface area contributed by atoms with Crippen LogP contribution >= 0.6 is 0 Å². The quantitative estimate of drug-likeness (QED) is 0.859. The minimum Gasteiger partial charge on any atom is -0.342 e. The van der Waals surface area contributed by atoms with Gasteiger partial charge in [-0.1, -0.05) is 30.3 Å². The molecule has 2 heterocycles. The van der Waals surface area contributed by atoms with Crippen molar-refractivity contribution in [1.82, 2.24) is 9.13 Å². The van der Waals surface area contributed by atoms with Crippen molar-refractivity contribution in [2.75, 3.05) is 5.32 Å². The fourth-order valence-electron chi connectivity index (χ4n) is 2.67. The van der Waals surface area contributed by atoms with E-state index in [1.165, 1.54) is 7.05 Å². The number of ether oxygens (including phenoxy) is 1. The Balaban J connectivity index is 2.24. The molecule has 6 nitrogen and oxygen atoms in total. The van der Waals surface area contributed by atoms with Gasteiger partial charge in [0.1, 0.15) is 5.82 Å². The van der Waals surface area contributed by atoms with Crippen molar-refractivity contribution in [3.8, 4) is 0 Å². The lowest BCUT2D eigenvalue weighted by Gasteiger charge is -2.35. The third kappa shape index (κ3) is 2.50. The first kappa shape index (κ1) is 16.3. The molecule has 3 rings (SSSR count). The molecular weight excluding hydrogens is 327 g/mol. The second kappa shape index (κ2) is 5.52. The average Bonchev–Trinajstić information content (AvgIpc) is 2.57. The monoisotopic (exact) mass is 341 g/mol. The number of fused-ring (bicyclic) bond motifs is 1. The molecule has 128 valence electrons. The maximum atomic E-state index is 13.5. The Morgan fingerprint density at radius 3 is 2.29 bits per heavy atom. The molecule has 0 radical (unpaired) electrons. The maximum absolute atomic E-state index is 13.5. The number of hydrogen-bond acceptors (Lipinski definition) is 4. The van der Waals surface area contributed by atoms with Gasteiger partial charge in [-0.05, 0) is 0 Å². The van der Waals surface area contributed by atoms with E-state index in [4.69, 9.17) is 4.74 Å². The third-order valence-corrected chi connectivity index (χ3v) is 3.90. The van der Waals surface area contributed by atoms with Gasteiger partial charge in [-0.2, -0.15) is 13.2 Å². The van der Waals surface area contributed by atoms with E-state index in [2.05, 4.69) is 5.32 Å². The fraction of sp³-hybridized carbons (Fsp3) is 0.333. The summed E-state index contributed by atoms with van der Waals surface area (Å²) in [6.07, 6.45) is -8.36. The summed E-state index contributed by atoms with van der Waals surface area (Å²) in [5.74, 6) is -0.189. The summed E-state index contributed by atoms with van der Waals surface area (Å²) in [4.78, 5) is 24.2. The zero-order valence-electron chi connectivity index (χ0n) is 12.8. The first-order valence-corrected chi connectivity index (χ1v) is 7.05. The molecule has 1 aliphatic rings. The van der Waals surface area contributed by atoms with Crippen LogP contribution in [0.4, 0.5) is 19.0 Å². The topological polar surface area (TPSA) is 65.3 Å². The summed E-state index contributed by atoms with van der Waals surface area (Å²) in [5.41, 5.74) is -1.93. The van der Waals surface area contributed by atoms with Gasteiger partial charge in [-0.3, -0.25) is 13.9 Å². The molecule has 1 aliphatic heterocycles. The zero-order valence-corrected chi connectivity index (χ0v) is 12.8. The Morgan fingerprint density at radius 2 is 1.71 bits per heavy atom. The zero-order chi connectivity index (χ0) is 17.6. The smallest absolute Gasteiger partial charge is 0.342 e. The van der Waals surface area contributed by atoms with Gasteiger partial charge in [-0.25, -0.2) is 4.79 Å². The second-order valence-electron chi connectivity index (χ2n) is 5.46. The lowest BCUT2D eigenvalue weighted by atomic mass is 10.1. The Bertz CT molecular complexity index is 887. The highest BCUT2D eigenvalue weighted by Crippen LogP contribution is 2.44. The minimum absolute atomic E-state index is 0.189. The van der Waals surface area contributed by atoms with Gasteiger partial charge in [0.05, 0.1) is 5.56 Å². The van der Waals surface area contributed by atoms with Gasteiger partial charge in [0, 0.05) is 19.7 Å². The molecular formula is C15H14F3N3O3. The van der Waals surface area contributed by atoms with E-state index in [1.54, 1.807) is 30.3 Å². The molecule has 0 aliphatic carbocycles. The largest absolute Gasteiger partial charge is 0.419 e. The van der Waals surface area contributed by atoms with Crippen LogP contribution in [0, 0.1) is 0 Å². The minimum atomic E-state index is -4.80. The Labute approximate surface area is 134 Å². The van der Waals surface area contributed by atoms with E-state index in [9.17, 15) is 22.8 Å². The highest BCUT2D eigenvalue weighted by atomic mass is 19.4. The first-order chi connectivity index (χ1) is 11.2. The number of alkyl halides is 3. The molecule has 0 unspecified atom stereocenters. The number of nitrogens with one attached hydrogen (secondary N) is 1. The van der Waals surface area contributed by atoms with Crippen molar-refractivity contribution in [2.45, 2.75) is 18.5 Å². The van der Waals surface area contributed by atoms with Crippen LogP contribution in [0.3, 0.4) is 0 Å². The van der Waals surface area contributed by atoms with Crippen molar-refractivity contribution in [3.63, 3.8) is 0 Å². The molecule has 1 aromatic heterocycles. The van der Waals surface area contributed by atoms with Gasteiger partial charge in [0.25, 0.3) is 5.56 Å². The third-order valence-electron chi connectivity index (χ3n) is 3.90. The number of rotatable bonds is 1. The highest BCUT2D eigenvalue weighted by molar-refractivity contribution is 5.49. The summed E-state index contributed by atoms with van der Waals surface area (Å²) in [7, 11) is 2.43. The normalized spacial score (nSPS) is 20.4. The maximum Gasteiger partial charge on any atom is 0.419 e. The van der Waals surface area contributed by atoms with Gasteiger partial charge < -0.3 is 10.1 Å². The molecule has 0 bridgehead atoms. The Hall–Kier alpha value is -2.55. The number of anilines is 1. The van der Waals surface area contributed by atoms with Gasteiger partial charge in [0.2, 0.25) is 0 Å². The standard InChI is InChI=1S/C15H14F3N3O3/c1-20-11-9(13(22)21(2)14(20)23)10(15(16,17)18)24-12(19-11)8-6-4-3-5-7-8/h3-7,10,12,19H,1-2H3/t10-,12+/m1/s1. The second-order valence-corrected chi connectivity index (χ2v) is 5.46. The van der Waals surface area contributed by atoms with E-state index in [1.807, 2.05) is 0 Å². The lowest BCUT2D eigenvalue weighted by Crippen LogP contribution is -2.46. The van der Waals surface area contributed by atoms with E-state index >= 15 is 0 Å². The molecule has 0 saturated heterocycles. The SMILES string of the molecule is Cn1c2c(c(=O)n(C)c1=O)[C@H](C(F)(F)F)O[C@@H](c1ccccc1)N2. The predicted octanol–water partition coefficient (Wildman–Crippen LogP) is 1.83. The van der Waals surface area contributed by atoms with Crippen LogP contribution in [-0.2, 0) is 18.8 Å². The summed E-state index contributed by atoms with van der Waals surface area (Å²) in [5, 5.41) is 2.72. The van der Waals surface area contributed by atoms with Crippen LogP contribution < -0.4 is 16.6 Å². The first-order valence-electron chi connectivity index (χ1n) is 7.05. The molecule has 9 heteroatoms. The molecule has 2 atom stereocenters. The van der Waals surface area contributed by atoms with Crippen LogP contribution in [0.15, 0.2) is 39.9 Å². The average molecular weight is 341 g/mol. The van der Waals surface area contributed by atoms with Crippen LogP contribution in [0.1, 0.15) is 23.5 Å². The van der Waals surface area contributed by atoms with Crippen molar-refractivity contribution < 1.29 is 17.9 Å². The van der Waals surface area contributed by atoms with Crippen LogP contribution in [0.25, 0.3) is 0 Å². The summed E-state index contributed by atoms with van der Waals surface area (Å²) in [6.45, 7) is 0. The van der Waals surface area contributed by atoms with Gasteiger partial charge in [-0.15, -0.1) is 0 Å². The lowest BCUT2D eigenvalue weighted by molar-refractivity contribution is -0.238. The fourth-order valence-corrected chi connectivity index (χ4v) is 2.67. The number of benzene rings is 1. The van der Waals surface area contributed by atoms with E-state index in [-0.39, 0.29) is 5.82 Å². The van der Waals surface area contributed by atoms with Gasteiger partial charge >= 0.3 is 11.9 Å². The number of aromatic nitrogens is 2. The summed E-state index contributed by atoms with van der Waals surface area (Å²) >= 11 is 0. The molecule has 0 saturated carbocycles. The predicted molar refractivity (Wildman–Crippen MR) is 79.6 cm³/mol. The van der Waals surface area contributed by atoms with Gasteiger partial charge in [0.15, 0.2) is 12.3 Å². The number of halogens is 3. The van der Waals surface area contributed by atoms with Crippen LogP contribution in [-0.4, -0.2) is 15.3 Å². The molecule has 0 spiro atoms. The van der Waals surface area contributed by atoms with Crippen molar-refractivity contribution in [1.29, 1.82) is 0 Å². The molecule has 24 heavy (non-hydrogen) atoms.